The maximum Gasteiger partial charge on any atom is 0.262 e. The van der Waals surface area contributed by atoms with Gasteiger partial charge in [-0.1, -0.05) is 12.1 Å². The SMILES string of the molecule is Cn1c2ccncc2c2ccc(-c3ccc(OC4CC(OC5CCN(CCCOCCOc6ccc7c(c6)C(=O)N(C6CCC(=O)NC6=O)C7=O)CC5)C4)nc3)cc21. The lowest BCUT2D eigenvalue weighted by Gasteiger charge is -2.39. The fourth-order valence-electron chi connectivity index (χ4n) is 8.54. The lowest BCUT2D eigenvalue weighted by Crippen LogP contribution is -2.54. The summed E-state index contributed by atoms with van der Waals surface area (Å²) in [7, 11) is 2.09. The first-order chi connectivity index (χ1) is 28.3. The van der Waals surface area contributed by atoms with Gasteiger partial charge < -0.3 is 28.4 Å². The van der Waals surface area contributed by atoms with E-state index in [9.17, 15) is 19.2 Å². The highest BCUT2D eigenvalue weighted by molar-refractivity contribution is 6.23. The molecule has 1 unspecified atom stereocenters. The molecule has 1 aliphatic carbocycles. The molecule has 2 saturated heterocycles. The Kier molecular flexibility index (Phi) is 10.6. The van der Waals surface area contributed by atoms with Crippen LogP contribution in [0.2, 0.25) is 0 Å². The number of pyridine rings is 2. The molecule has 3 aliphatic heterocycles. The maximum absolute atomic E-state index is 13.0. The Bertz CT molecular complexity index is 2370. The van der Waals surface area contributed by atoms with Gasteiger partial charge in [-0.15, -0.1) is 0 Å². The van der Waals surface area contributed by atoms with Crippen LogP contribution in [0.3, 0.4) is 0 Å². The molecule has 0 spiro atoms. The van der Waals surface area contributed by atoms with E-state index in [2.05, 4.69) is 56.1 Å². The Balaban J connectivity index is 0.635. The van der Waals surface area contributed by atoms with E-state index in [0.29, 0.717) is 31.5 Å². The second-order valence-corrected chi connectivity index (χ2v) is 15.5. The molecule has 4 aliphatic rings. The quantitative estimate of drug-likeness (QED) is 0.119. The van der Waals surface area contributed by atoms with Gasteiger partial charge in [-0.05, 0) is 67.6 Å². The minimum absolute atomic E-state index is 0.0754. The molecule has 6 heterocycles. The van der Waals surface area contributed by atoms with Crippen LogP contribution in [0.1, 0.15) is 65.7 Å². The molecule has 0 bridgehead atoms. The van der Waals surface area contributed by atoms with E-state index in [1.807, 2.05) is 30.7 Å². The number of amides is 4. The summed E-state index contributed by atoms with van der Waals surface area (Å²) in [6.45, 7) is 4.25. The van der Waals surface area contributed by atoms with E-state index in [4.69, 9.17) is 18.9 Å². The number of fused-ring (bicyclic) bond motifs is 4. The van der Waals surface area contributed by atoms with Crippen LogP contribution in [0.5, 0.6) is 11.6 Å². The van der Waals surface area contributed by atoms with Crippen molar-refractivity contribution in [2.24, 2.45) is 7.05 Å². The molecule has 300 valence electrons. The summed E-state index contributed by atoms with van der Waals surface area (Å²) in [5.74, 6) is -1.06. The molecule has 4 amide bonds. The van der Waals surface area contributed by atoms with Crippen molar-refractivity contribution >= 4 is 45.4 Å². The lowest BCUT2D eigenvalue weighted by molar-refractivity contribution is -0.136. The number of ether oxygens (including phenoxy) is 4. The van der Waals surface area contributed by atoms with Crippen LogP contribution in [0.15, 0.2) is 73.2 Å². The van der Waals surface area contributed by atoms with E-state index in [1.165, 1.54) is 28.6 Å². The molecule has 5 aromatic rings. The van der Waals surface area contributed by atoms with Gasteiger partial charge in [0.05, 0.1) is 35.5 Å². The predicted octanol–water partition coefficient (Wildman–Crippen LogP) is 5.07. The summed E-state index contributed by atoms with van der Waals surface area (Å²) in [4.78, 5) is 62.1. The van der Waals surface area contributed by atoms with Crippen molar-refractivity contribution in [1.29, 1.82) is 0 Å². The number of nitrogens with zero attached hydrogens (tertiary/aromatic N) is 5. The molecule has 1 saturated carbocycles. The molecule has 14 heteroatoms. The number of likely N-dealkylation sites (tertiary alicyclic amines) is 1. The number of aromatic nitrogens is 3. The van der Waals surface area contributed by atoms with Gasteiger partial charge in [0.2, 0.25) is 17.7 Å². The van der Waals surface area contributed by atoms with E-state index in [-0.39, 0.29) is 42.3 Å². The Morgan fingerprint density at radius 2 is 1.60 bits per heavy atom. The molecular weight excluding hydrogens is 741 g/mol. The zero-order chi connectivity index (χ0) is 39.8. The van der Waals surface area contributed by atoms with Crippen LogP contribution < -0.4 is 14.8 Å². The van der Waals surface area contributed by atoms with Crippen molar-refractivity contribution in [3.63, 3.8) is 0 Å². The van der Waals surface area contributed by atoms with Crippen molar-refractivity contribution in [2.75, 3.05) is 39.5 Å². The van der Waals surface area contributed by atoms with Crippen LogP contribution >= 0.6 is 0 Å². The number of rotatable bonds is 14. The van der Waals surface area contributed by atoms with Gasteiger partial charge in [0, 0.05) is 99.1 Å². The lowest BCUT2D eigenvalue weighted by atomic mass is 9.91. The first-order valence-corrected chi connectivity index (χ1v) is 20.2. The molecule has 14 nitrogen and oxygen atoms in total. The normalized spacial score (nSPS) is 21.4. The summed E-state index contributed by atoms with van der Waals surface area (Å²) in [5.41, 5.74) is 4.90. The molecule has 2 aromatic carbocycles. The smallest absolute Gasteiger partial charge is 0.262 e. The minimum atomic E-state index is -0.998. The largest absolute Gasteiger partial charge is 0.491 e. The molecule has 3 fully saturated rings. The average Bonchev–Trinajstić information content (AvgIpc) is 3.65. The second kappa shape index (κ2) is 16.3. The molecular formula is C44H46N6O8. The first kappa shape index (κ1) is 37.9. The van der Waals surface area contributed by atoms with Crippen LogP contribution in [0.4, 0.5) is 0 Å². The van der Waals surface area contributed by atoms with Gasteiger partial charge >= 0.3 is 0 Å². The highest BCUT2D eigenvalue weighted by Crippen LogP contribution is 2.34. The highest BCUT2D eigenvalue weighted by Gasteiger charge is 2.44. The predicted molar refractivity (Wildman–Crippen MR) is 213 cm³/mol. The van der Waals surface area contributed by atoms with Gasteiger partial charge in [0.1, 0.15) is 24.5 Å². The number of piperidine rings is 2. The topological polar surface area (TPSA) is 154 Å². The summed E-state index contributed by atoms with van der Waals surface area (Å²) < 4.78 is 26.4. The molecule has 58 heavy (non-hydrogen) atoms. The van der Waals surface area contributed by atoms with Crippen molar-refractivity contribution < 1.29 is 38.1 Å². The zero-order valence-electron chi connectivity index (χ0n) is 32.4. The summed E-state index contributed by atoms with van der Waals surface area (Å²) in [6, 6.07) is 16.3. The third-order valence-electron chi connectivity index (χ3n) is 11.8. The number of aryl methyl sites for hydroxylation is 1. The number of hydrogen-bond acceptors (Lipinski definition) is 11. The van der Waals surface area contributed by atoms with Crippen LogP contribution in [-0.4, -0.2) is 112 Å². The van der Waals surface area contributed by atoms with Gasteiger partial charge in [-0.2, -0.15) is 0 Å². The summed E-state index contributed by atoms with van der Waals surface area (Å²) >= 11 is 0. The van der Waals surface area contributed by atoms with Crippen LogP contribution in [0, 0.1) is 0 Å². The van der Waals surface area contributed by atoms with Crippen LogP contribution in [0.25, 0.3) is 32.9 Å². The number of imide groups is 2. The first-order valence-electron chi connectivity index (χ1n) is 20.2. The summed E-state index contributed by atoms with van der Waals surface area (Å²) in [5, 5.41) is 4.55. The molecule has 1 atom stereocenters. The van der Waals surface area contributed by atoms with Crippen molar-refractivity contribution in [3.05, 3.63) is 84.3 Å². The maximum atomic E-state index is 13.0. The number of benzene rings is 2. The van der Waals surface area contributed by atoms with Crippen molar-refractivity contribution in [2.45, 2.75) is 69.3 Å². The van der Waals surface area contributed by atoms with E-state index in [0.717, 1.165) is 73.2 Å². The van der Waals surface area contributed by atoms with E-state index < -0.39 is 29.7 Å². The minimum Gasteiger partial charge on any atom is -0.491 e. The molecule has 3 aromatic heterocycles. The monoisotopic (exact) mass is 786 g/mol. The third-order valence-corrected chi connectivity index (χ3v) is 11.8. The molecule has 0 radical (unpaired) electrons. The molecule has 1 N–H and O–H groups in total. The van der Waals surface area contributed by atoms with Crippen LogP contribution in [-0.2, 0) is 26.1 Å². The van der Waals surface area contributed by atoms with Gasteiger partial charge in [0.25, 0.3) is 11.8 Å². The standard InChI is InChI=1S/C44H46N6O8/c1-48-37-11-14-45-26-36(37)33-6-3-27(21-39(33)48)28-4-10-41(46-25-28)58-32-22-31(23-32)57-29-12-16-49(17-13-29)15-2-18-55-19-20-56-30-5-7-34-35(24-30)44(54)50(43(34)53)38-8-9-40(51)47-42(38)52/h3-7,10-11,14,21,24-26,29,31-32,38H,2,8-9,12-13,15-20,22-23H2,1H3,(H,47,51,52). The summed E-state index contributed by atoms with van der Waals surface area (Å²) in [6.07, 6.45) is 11.2. The van der Waals surface area contributed by atoms with Crippen molar-refractivity contribution in [3.8, 4) is 22.8 Å². The van der Waals surface area contributed by atoms with Gasteiger partial charge in [-0.3, -0.25) is 34.4 Å². The third kappa shape index (κ3) is 7.66. The van der Waals surface area contributed by atoms with Gasteiger partial charge in [0.15, 0.2) is 0 Å². The Morgan fingerprint density at radius 3 is 2.41 bits per heavy atom. The van der Waals surface area contributed by atoms with E-state index in [1.54, 1.807) is 6.07 Å². The van der Waals surface area contributed by atoms with Crippen molar-refractivity contribution in [1.82, 2.24) is 29.7 Å². The van der Waals surface area contributed by atoms with E-state index >= 15 is 0 Å². The highest BCUT2D eigenvalue weighted by atomic mass is 16.5. The average molecular weight is 787 g/mol. The molecule has 9 rings (SSSR count). The number of carbonyl (C=O) groups excluding carboxylic acids is 4. The number of nitrogens with one attached hydrogen (secondary N) is 1. The second-order valence-electron chi connectivity index (χ2n) is 15.5. The number of hydrogen-bond donors (Lipinski definition) is 1. The zero-order valence-corrected chi connectivity index (χ0v) is 32.4. The fourth-order valence-corrected chi connectivity index (χ4v) is 8.54. The Morgan fingerprint density at radius 1 is 0.776 bits per heavy atom. The fraction of sp³-hybridized carbons (Fsp3) is 0.409. The van der Waals surface area contributed by atoms with Gasteiger partial charge in [-0.25, -0.2) is 4.98 Å². The number of carbonyl (C=O) groups is 4. The Hall–Kier alpha value is -5.70. The Labute approximate surface area is 335 Å².